The van der Waals surface area contributed by atoms with Gasteiger partial charge in [0, 0.05) is 30.1 Å². The van der Waals surface area contributed by atoms with Crippen molar-refractivity contribution in [1.82, 2.24) is 4.98 Å². The van der Waals surface area contributed by atoms with Crippen molar-refractivity contribution >= 4 is 11.6 Å². The van der Waals surface area contributed by atoms with Crippen LogP contribution < -0.4 is 5.32 Å². The number of benzene rings is 1. The van der Waals surface area contributed by atoms with E-state index in [4.69, 9.17) is 0 Å². The van der Waals surface area contributed by atoms with Gasteiger partial charge in [-0.2, -0.15) is 0 Å². The highest BCUT2D eigenvalue weighted by atomic mass is 16.3. The number of fused-ring (bicyclic) bond motifs is 1. The van der Waals surface area contributed by atoms with Gasteiger partial charge < -0.3 is 10.4 Å². The summed E-state index contributed by atoms with van der Waals surface area (Å²) in [6, 6.07) is 11.7. The smallest absolute Gasteiger partial charge is 0.232 e. The molecule has 4 heteroatoms. The number of rotatable bonds is 4. The summed E-state index contributed by atoms with van der Waals surface area (Å²) in [5.74, 6) is -0.212. The number of aliphatic hydroxyl groups is 1. The summed E-state index contributed by atoms with van der Waals surface area (Å²) in [5, 5.41) is 12.1. The number of nitrogens with zero attached hydrogens (tertiary/aromatic N) is 1. The molecule has 0 saturated carbocycles. The molecule has 1 aliphatic heterocycles. The summed E-state index contributed by atoms with van der Waals surface area (Å²) in [7, 11) is 0. The van der Waals surface area contributed by atoms with Crippen molar-refractivity contribution in [3.8, 4) is 0 Å². The van der Waals surface area contributed by atoms with Crippen LogP contribution in [-0.4, -0.2) is 22.6 Å². The minimum Gasteiger partial charge on any atom is -0.396 e. The molecule has 2 N–H and O–H groups in total. The molecule has 0 aliphatic carbocycles. The Morgan fingerprint density at radius 2 is 2.05 bits per heavy atom. The molecule has 0 saturated heterocycles. The first-order valence-corrected chi connectivity index (χ1v) is 7.15. The third kappa shape index (κ3) is 2.67. The average Bonchev–Trinajstić information content (AvgIpc) is 2.77. The van der Waals surface area contributed by atoms with Crippen LogP contribution >= 0.6 is 0 Å². The predicted octanol–water partition coefficient (Wildman–Crippen LogP) is 2.20. The Morgan fingerprint density at radius 3 is 2.81 bits per heavy atom. The standard InChI is InChI=1S/C17H18N2O2/c1-11-4-2-6-13(18-11)10-14-16-12(8-9-20)5-3-7-15(16)19-17(14)21/h2-7,14,20H,8-10H2,1H3,(H,19,21). The lowest BCUT2D eigenvalue weighted by Gasteiger charge is -2.13. The molecule has 1 aliphatic rings. The third-order valence-corrected chi connectivity index (χ3v) is 3.86. The Hall–Kier alpha value is -2.20. The predicted molar refractivity (Wildman–Crippen MR) is 81.3 cm³/mol. The number of aromatic nitrogens is 1. The van der Waals surface area contributed by atoms with E-state index in [1.165, 1.54) is 0 Å². The molecule has 1 aromatic heterocycles. The number of aryl methyl sites for hydroxylation is 1. The van der Waals surface area contributed by atoms with Gasteiger partial charge >= 0.3 is 0 Å². The van der Waals surface area contributed by atoms with Crippen LogP contribution in [-0.2, 0) is 17.6 Å². The maximum atomic E-state index is 12.3. The van der Waals surface area contributed by atoms with Gasteiger partial charge in [0.25, 0.3) is 0 Å². The number of nitrogens with one attached hydrogen (secondary N) is 1. The molecule has 1 atom stereocenters. The van der Waals surface area contributed by atoms with Gasteiger partial charge in [0.2, 0.25) is 5.91 Å². The summed E-state index contributed by atoms with van der Waals surface area (Å²) in [6.45, 7) is 2.03. The van der Waals surface area contributed by atoms with Gasteiger partial charge in [-0.1, -0.05) is 18.2 Å². The fourth-order valence-corrected chi connectivity index (χ4v) is 2.94. The van der Waals surface area contributed by atoms with Crippen LogP contribution in [0.4, 0.5) is 5.69 Å². The zero-order valence-corrected chi connectivity index (χ0v) is 12.0. The van der Waals surface area contributed by atoms with E-state index in [2.05, 4.69) is 10.3 Å². The largest absolute Gasteiger partial charge is 0.396 e. The van der Waals surface area contributed by atoms with Gasteiger partial charge in [-0.25, -0.2) is 0 Å². The highest BCUT2D eigenvalue weighted by Crippen LogP contribution is 2.37. The fourth-order valence-electron chi connectivity index (χ4n) is 2.94. The second-order valence-corrected chi connectivity index (χ2v) is 5.37. The number of carbonyl (C=O) groups is 1. The summed E-state index contributed by atoms with van der Waals surface area (Å²) in [6.07, 6.45) is 1.15. The molecule has 0 spiro atoms. The topological polar surface area (TPSA) is 62.2 Å². The Labute approximate surface area is 123 Å². The molecule has 21 heavy (non-hydrogen) atoms. The molecule has 2 heterocycles. The van der Waals surface area contributed by atoms with Crippen LogP contribution in [0, 0.1) is 6.92 Å². The summed E-state index contributed by atoms with van der Waals surface area (Å²) in [4.78, 5) is 16.8. The maximum Gasteiger partial charge on any atom is 0.232 e. The quantitative estimate of drug-likeness (QED) is 0.903. The Balaban J connectivity index is 1.96. The highest BCUT2D eigenvalue weighted by molar-refractivity contribution is 6.03. The minimum absolute atomic E-state index is 0.0127. The normalized spacial score (nSPS) is 16.7. The third-order valence-electron chi connectivity index (χ3n) is 3.86. The van der Waals surface area contributed by atoms with Crippen LogP contribution in [0.5, 0.6) is 0 Å². The molecule has 3 rings (SSSR count). The number of aliphatic hydroxyl groups excluding tert-OH is 1. The van der Waals surface area contributed by atoms with E-state index in [0.717, 1.165) is 28.2 Å². The van der Waals surface area contributed by atoms with Gasteiger partial charge in [-0.3, -0.25) is 9.78 Å². The van der Waals surface area contributed by atoms with Gasteiger partial charge in [0.1, 0.15) is 0 Å². The summed E-state index contributed by atoms with van der Waals surface area (Å²) in [5.41, 5.74) is 4.78. The zero-order chi connectivity index (χ0) is 14.8. The average molecular weight is 282 g/mol. The first-order valence-electron chi connectivity index (χ1n) is 7.15. The first-order chi connectivity index (χ1) is 10.2. The van der Waals surface area contributed by atoms with Crippen molar-refractivity contribution in [1.29, 1.82) is 0 Å². The molecule has 0 bridgehead atoms. The monoisotopic (exact) mass is 282 g/mol. The Morgan fingerprint density at radius 1 is 1.24 bits per heavy atom. The molecular formula is C17H18N2O2. The molecular weight excluding hydrogens is 264 g/mol. The second kappa shape index (κ2) is 5.66. The van der Waals surface area contributed by atoms with Gasteiger partial charge in [0.15, 0.2) is 0 Å². The second-order valence-electron chi connectivity index (χ2n) is 5.37. The molecule has 0 radical (unpaired) electrons. The van der Waals surface area contributed by atoms with Crippen molar-refractivity contribution in [3.63, 3.8) is 0 Å². The minimum atomic E-state index is -0.225. The molecule has 1 amide bonds. The van der Waals surface area contributed by atoms with E-state index in [-0.39, 0.29) is 18.4 Å². The van der Waals surface area contributed by atoms with Gasteiger partial charge in [0.05, 0.1) is 5.92 Å². The van der Waals surface area contributed by atoms with Gasteiger partial charge in [-0.15, -0.1) is 0 Å². The Bertz CT molecular complexity index is 682. The number of hydrogen-bond acceptors (Lipinski definition) is 3. The van der Waals surface area contributed by atoms with Crippen LogP contribution in [0.2, 0.25) is 0 Å². The van der Waals surface area contributed by atoms with E-state index in [0.29, 0.717) is 12.8 Å². The zero-order valence-electron chi connectivity index (χ0n) is 12.0. The lowest BCUT2D eigenvalue weighted by Crippen LogP contribution is -2.16. The van der Waals surface area contributed by atoms with Crippen LogP contribution in [0.15, 0.2) is 36.4 Å². The molecule has 4 nitrogen and oxygen atoms in total. The van der Waals surface area contributed by atoms with Crippen molar-refractivity contribution in [2.45, 2.75) is 25.7 Å². The number of pyridine rings is 1. The first kappa shape index (κ1) is 13.8. The van der Waals surface area contributed by atoms with Crippen molar-refractivity contribution in [2.75, 3.05) is 11.9 Å². The van der Waals surface area contributed by atoms with E-state index >= 15 is 0 Å². The fraction of sp³-hybridized carbons (Fsp3) is 0.294. The van der Waals surface area contributed by atoms with Crippen LogP contribution in [0.1, 0.15) is 28.4 Å². The molecule has 2 aromatic rings. The number of hydrogen-bond donors (Lipinski definition) is 2. The lowest BCUT2D eigenvalue weighted by atomic mass is 9.90. The van der Waals surface area contributed by atoms with Crippen LogP contribution in [0.25, 0.3) is 0 Å². The van der Waals surface area contributed by atoms with Crippen LogP contribution in [0.3, 0.4) is 0 Å². The number of anilines is 1. The SMILES string of the molecule is Cc1cccc(CC2C(=O)Nc3cccc(CCO)c32)n1. The number of amides is 1. The summed E-state index contributed by atoms with van der Waals surface area (Å²) < 4.78 is 0. The van der Waals surface area contributed by atoms with E-state index in [1.54, 1.807) is 0 Å². The van der Waals surface area contributed by atoms with Crippen molar-refractivity contribution < 1.29 is 9.90 Å². The summed E-state index contributed by atoms with van der Waals surface area (Å²) >= 11 is 0. The van der Waals surface area contributed by atoms with E-state index < -0.39 is 0 Å². The van der Waals surface area contributed by atoms with Gasteiger partial charge in [-0.05, 0) is 42.7 Å². The van der Waals surface area contributed by atoms with Crippen molar-refractivity contribution in [2.24, 2.45) is 0 Å². The van der Waals surface area contributed by atoms with E-state index in [1.807, 2.05) is 43.3 Å². The number of carbonyl (C=O) groups excluding carboxylic acids is 1. The molecule has 1 aromatic carbocycles. The molecule has 108 valence electrons. The van der Waals surface area contributed by atoms with Crippen molar-refractivity contribution in [3.05, 3.63) is 58.9 Å². The molecule has 1 unspecified atom stereocenters. The highest BCUT2D eigenvalue weighted by Gasteiger charge is 2.32. The van der Waals surface area contributed by atoms with E-state index in [9.17, 15) is 9.90 Å². The maximum absolute atomic E-state index is 12.3. The molecule has 0 fully saturated rings. The Kier molecular flexibility index (Phi) is 3.71. The lowest BCUT2D eigenvalue weighted by molar-refractivity contribution is -0.117.